The Kier molecular flexibility index (Phi) is 3.61. The van der Waals surface area contributed by atoms with E-state index in [2.05, 4.69) is 10.2 Å². The Morgan fingerprint density at radius 3 is 2.90 bits per heavy atom. The predicted molar refractivity (Wildman–Crippen MR) is 74.1 cm³/mol. The zero-order valence-corrected chi connectivity index (χ0v) is 12.3. The lowest BCUT2D eigenvalue weighted by molar-refractivity contribution is -0.143. The second-order valence-corrected chi connectivity index (χ2v) is 6.67. The fourth-order valence-corrected chi connectivity index (χ4v) is 4.09. The average molecular weight is 280 g/mol. The van der Waals surface area contributed by atoms with Gasteiger partial charge < -0.3 is 15.0 Å². The number of amides is 2. The summed E-state index contributed by atoms with van der Waals surface area (Å²) in [5.41, 5.74) is 0. The molecule has 3 rings (SSSR count). The van der Waals surface area contributed by atoms with Crippen LogP contribution in [0.25, 0.3) is 0 Å². The van der Waals surface area contributed by atoms with E-state index in [0.717, 1.165) is 25.8 Å². The van der Waals surface area contributed by atoms with Gasteiger partial charge in [0.25, 0.3) is 0 Å². The highest BCUT2D eigenvalue weighted by atomic mass is 16.6. The van der Waals surface area contributed by atoms with Gasteiger partial charge in [0.05, 0.1) is 0 Å². The van der Waals surface area contributed by atoms with E-state index < -0.39 is 0 Å². The van der Waals surface area contributed by atoms with Crippen LogP contribution in [0.15, 0.2) is 0 Å². The molecule has 1 N–H and O–H groups in total. The van der Waals surface area contributed by atoms with E-state index in [4.69, 9.17) is 4.74 Å². The number of piperidine rings is 2. The summed E-state index contributed by atoms with van der Waals surface area (Å²) < 4.78 is 5.60. The number of carbonyl (C=O) groups is 2. The van der Waals surface area contributed by atoms with E-state index in [1.807, 2.05) is 13.8 Å². The number of ether oxygens (including phenoxy) is 1. The van der Waals surface area contributed by atoms with Gasteiger partial charge in [-0.3, -0.25) is 4.79 Å². The minimum absolute atomic E-state index is 0.0752. The fourth-order valence-electron chi connectivity index (χ4n) is 4.09. The van der Waals surface area contributed by atoms with Gasteiger partial charge in [0.2, 0.25) is 5.91 Å². The molecule has 1 saturated carbocycles. The maximum absolute atomic E-state index is 12.4. The lowest BCUT2D eigenvalue weighted by Gasteiger charge is -2.43. The van der Waals surface area contributed by atoms with Gasteiger partial charge in [-0.2, -0.15) is 0 Å². The first-order valence-electron chi connectivity index (χ1n) is 7.84. The summed E-state index contributed by atoms with van der Waals surface area (Å²) in [4.78, 5) is 26.3. The van der Waals surface area contributed by atoms with Gasteiger partial charge in [-0.25, -0.2) is 4.79 Å². The van der Waals surface area contributed by atoms with Crippen molar-refractivity contribution in [3.8, 4) is 0 Å². The zero-order chi connectivity index (χ0) is 14.3. The highest BCUT2D eigenvalue weighted by Gasteiger charge is 2.52. The highest BCUT2D eigenvalue weighted by Crippen LogP contribution is 2.45. The number of carbonyl (C=O) groups excluding carboxylic acids is 2. The van der Waals surface area contributed by atoms with Crippen LogP contribution in [0.4, 0.5) is 4.79 Å². The number of hydrogen-bond acceptors (Lipinski definition) is 3. The Labute approximate surface area is 120 Å². The van der Waals surface area contributed by atoms with Crippen LogP contribution in [-0.4, -0.2) is 41.6 Å². The van der Waals surface area contributed by atoms with Crippen molar-refractivity contribution in [2.75, 3.05) is 6.54 Å². The minimum atomic E-state index is -0.340. The van der Waals surface area contributed by atoms with Crippen LogP contribution < -0.4 is 5.32 Å². The smallest absolute Gasteiger partial charge is 0.407 e. The Balaban J connectivity index is 1.69. The molecular weight excluding hydrogens is 256 g/mol. The second kappa shape index (κ2) is 5.26. The van der Waals surface area contributed by atoms with Crippen molar-refractivity contribution in [1.82, 2.24) is 10.2 Å². The third kappa shape index (κ3) is 2.38. The lowest BCUT2D eigenvalue weighted by atomic mass is 9.84. The van der Waals surface area contributed by atoms with E-state index in [1.54, 1.807) is 0 Å². The van der Waals surface area contributed by atoms with Gasteiger partial charge in [-0.15, -0.1) is 0 Å². The molecule has 20 heavy (non-hydrogen) atoms. The van der Waals surface area contributed by atoms with Gasteiger partial charge in [-0.05, 0) is 46.0 Å². The van der Waals surface area contributed by atoms with Crippen LogP contribution in [0, 0.1) is 11.8 Å². The molecule has 0 radical (unpaired) electrons. The SMILES string of the molecule is CC(C)NC(=O)O[C@@H]1C[C@H]2C[C@@H]1[C@H]1CCCCN1C2=O. The normalized spacial score (nSPS) is 36.0. The zero-order valence-electron chi connectivity index (χ0n) is 12.3. The number of alkyl carbamates (subject to hydrolysis) is 1. The summed E-state index contributed by atoms with van der Waals surface area (Å²) in [6, 6.07) is 0.378. The molecule has 2 amide bonds. The van der Waals surface area contributed by atoms with Crippen molar-refractivity contribution in [3.05, 3.63) is 0 Å². The first-order chi connectivity index (χ1) is 9.56. The molecule has 2 heterocycles. The monoisotopic (exact) mass is 280 g/mol. The third-order valence-corrected chi connectivity index (χ3v) is 4.89. The topological polar surface area (TPSA) is 58.6 Å². The fraction of sp³-hybridized carbons (Fsp3) is 0.867. The summed E-state index contributed by atoms with van der Waals surface area (Å²) in [5, 5.41) is 2.77. The first-order valence-corrected chi connectivity index (χ1v) is 7.84. The molecule has 4 atom stereocenters. The molecule has 0 aromatic rings. The third-order valence-electron chi connectivity index (χ3n) is 4.89. The summed E-state index contributed by atoms with van der Waals surface area (Å²) in [6.07, 6.45) is 4.54. The summed E-state index contributed by atoms with van der Waals surface area (Å²) in [6.45, 7) is 4.72. The van der Waals surface area contributed by atoms with Gasteiger partial charge >= 0.3 is 6.09 Å². The Hall–Kier alpha value is -1.26. The van der Waals surface area contributed by atoms with Crippen LogP contribution in [0.3, 0.4) is 0 Å². The van der Waals surface area contributed by atoms with Gasteiger partial charge in [-0.1, -0.05) is 0 Å². The number of fused-ring (bicyclic) bond motifs is 4. The molecule has 0 spiro atoms. The van der Waals surface area contributed by atoms with Gasteiger partial charge in [0.15, 0.2) is 0 Å². The van der Waals surface area contributed by atoms with Crippen LogP contribution in [0.2, 0.25) is 0 Å². The lowest BCUT2D eigenvalue weighted by Crippen LogP contribution is -2.53. The highest BCUT2D eigenvalue weighted by molar-refractivity contribution is 5.81. The number of rotatable bonds is 2. The Morgan fingerprint density at radius 2 is 2.15 bits per heavy atom. The predicted octanol–water partition coefficient (Wildman–Crippen LogP) is 1.91. The van der Waals surface area contributed by atoms with Gasteiger partial charge in [0.1, 0.15) is 6.10 Å². The van der Waals surface area contributed by atoms with E-state index in [9.17, 15) is 9.59 Å². The van der Waals surface area contributed by atoms with Crippen molar-refractivity contribution < 1.29 is 14.3 Å². The number of nitrogens with zero attached hydrogens (tertiary/aromatic N) is 1. The molecule has 1 aliphatic carbocycles. The molecule has 3 fully saturated rings. The Morgan fingerprint density at radius 1 is 1.35 bits per heavy atom. The van der Waals surface area contributed by atoms with Crippen molar-refractivity contribution in [3.63, 3.8) is 0 Å². The molecule has 2 saturated heterocycles. The number of nitrogens with one attached hydrogen (secondary N) is 1. The van der Waals surface area contributed by atoms with Crippen molar-refractivity contribution in [1.29, 1.82) is 0 Å². The summed E-state index contributed by atoms with van der Waals surface area (Å²) in [5.74, 6) is 0.712. The molecule has 0 unspecified atom stereocenters. The van der Waals surface area contributed by atoms with E-state index in [-0.39, 0.29) is 24.2 Å². The van der Waals surface area contributed by atoms with E-state index in [1.165, 1.54) is 6.42 Å². The molecule has 3 aliphatic rings. The Bertz CT molecular complexity index is 410. The van der Waals surface area contributed by atoms with Crippen molar-refractivity contribution in [2.24, 2.45) is 11.8 Å². The minimum Gasteiger partial charge on any atom is -0.446 e. The molecule has 2 aliphatic heterocycles. The van der Waals surface area contributed by atoms with Gasteiger partial charge in [0, 0.05) is 30.5 Å². The van der Waals surface area contributed by atoms with Crippen LogP contribution in [0.5, 0.6) is 0 Å². The average Bonchev–Trinajstić information content (AvgIpc) is 2.76. The summed E-state index contributed by atoms with van der Waals surface area (Å²) in [7, 11) is 0. The van der Waals surface area contributed by atoms with Crippen LogP contribution in [-0.2, 0) is 9.53 Å². The van der Waals surface area contributed by atoms with Crippen LogP contribution >= 0.6 is 0 Å². The largest absolute Gasteiger partial charge is 0.446 e. The molecule has 0 aromatic carbocycles. The molecular formula is C15H24N2O3. The van der Waals surface area contributed by atoms with E-state index >= 15 is 0 Å². The second-order valence-electron chi connectivity index (χ2n) is 6.67. The van der Waals surface area contributed by atoms with Crippen molar-refractivity contribution in [2.45, 2.75) is 64.1 Å². The molecule has 0 aromatic heterocycles. The molecule has 5 nitrogen and oxygen atoms in total. The van der Waals surface area contributed by atoms with Crippen molar-refractivity contribution >= 4 is 12.0 Å². The summed E-state index contributed by atoms with van der Waals surface area (Å²) >= 11 is 0. The maximum atomic E-state index is 12.4. The number of hydrogen-bond donors (Lipinski definition) is 1. The molecule has 5 heteroatoms. The van der Waals surface area contributed by atoms with E-state index in [0.29, 0.717) is 24.3 Å². The maximum Gasteiger partial charge on any atom is 0.407 e. The quantitative estimate of drug-likeness (QED) is 0.840. The van der Waals surface area contributed by atoms with Crippen LogP contribution in [0.1, 0.15) is 46.0 Å². The standard InChI is InChI=1S/C15H24N2O3/c1-9(2)16-15(19)20-13-8-10-7-11(13)12-5-3-4-6-17(12)14(10)18/h9-13H,3-8H2,1-2H3,(H,16,19)/t10-,11-,12-,13-/m1/s1. The first kappa shape index (κ1) is 13.7. The molecule has 2 bridgehead atoms. The molecule has 112 valence electrons.